The zero-order valence-electron chi connectivity index (χ0n) is 14.5. The lowest BCUT2D eigenvalue weighted by molar-refractivity contribution is -0.128. The third-order valence-corrected chi connectivity index (χ3v) is 5.61. The van der Waals surface area contributed by atoms with Gasteiger partial charge < -0.3 is 9.74 Å². The van der Waals surface area contributed by atoms with Crippen LogP contribution in [0.15, 0.2) is 29.4 Å². The summed E-state index contributed by atoms with van der Waals surface area (Å²) >= 11 is 0. The second kappa shape index (κ2) is 6.67. The molecule has 8 heteroatoms. The fourth-order valence-corrected chi connectivity index (χ4v) is 4.18. The fraction of sp³-hybridized carbons (Fsp3) is 0.529. The number of hydrogen-bond acceptors (Lipinski definition) is 5. The summed E-state index contributed by atoms with van der Waals surface area (Å²) in [6.07, 6.45) is 5.03. The first-order valence-electron chi connectivity index (χ1n) is 8.31. The molecule has 0 radical (unpaired) electrons. The highest BCUT2D eigenvalue weighted by molar-refractivity contribution is 7.92. The minimum atomic E-state index is -3.38. The van der Waals surface area contributed by atoms with Crippen LogP contribution in [0.5, 0.6) is 0 Å². The van der Waals surface area contributed by atoms with Crippen molar-refractivity contribution in [1.82, 2.24) is 4.90 Å². The summed E-state index contributed by atoms with van der Waals surface area (Å²) in [6, 6.07) is 7.11. The number of nitrogens with one attached hydrogen (secondary N) is 1. The Bertz CT molecular complexity index is 800. The number of benzene rings is 1. The van der Waals surface area contributed by atoms with Crippen LogP contribution in [-0.2, 0) is 26.2 Å². The Morgan fingerprint density at radius 1 is 1.28 bits per heavy atom. The van der Waals surface area contributed by atoms with E-state index in [2.05, 4.69) is 9.88 Å². The maximum Gasteiger partial charge on any atom is 0.272 e. The summed E-state index contributed by atoms with van der Waals surface area (Å²) in [5, 5.41) is 4.03. The van der Waals surface area contributed by atoms with E-state index >= 15 is 0 Å². The number of para-hydroxylation sites is 1. The van der Waals surface area contributed by atoms with E-state index in [1.54, 1.807) is 17.0 Å². The van der Waals surface area contributed by atoms with Gasteiger partial charge in [0.05, 0.1) is 11.9 Å². The van der Waals surface area contributed by atoms with Gasteiger partial charge in [-0.1, -0.05) is 29.8 Å². The molecule has 25 heavy (non-hydrogen) atoms. The smallest absolute Gasteiger partial charge is 0.272 e. The average molecular weight is 365 g/mol. The molecule has 1 saturated carbocycles. The molecule has 1 aromatic rings. The van der Waals surface area contributed by atoms with Gasteiger partial charge in [0.2, 0.25) is 10.0 Å². The Labute approximate surface area is 148 Å². The van der Waals surface area contributed by atoms with E-state index in [0.29, 0.717) is 24.5 Å². The summed E-state index contributed by atoms with van der Waals surface area (Å²) < 4.78 is 25.6. The van der Waals surface area contributed by atoms with Crippen molar-refractivity contribution in [3.05, 3.63) is 29.8 Å². The quantitative estimate of drug-likeness (QED) is 0.808. The van der Waals surface area contributed by atoms with Gasteiger partial charge in [-0.25, -0.2) is 8.42 Å². The molecule has 2 fully saturated rings. The van der Waals surface area contributed by atoms with Crippen molar-refractivity contribution in [3.63, 3.8) is 0 Å². The molecule has 7 nitrogen and oxygen atoms in total. The number of anilines is 1. The van der Waals surface area contributed by atoms with Crippen LogP contribution in [0.3, 0.4) is 0 Å². The molecule has 0 bridgehead atoms. The standard InChI is InChI=1S/C17H23N3O4S/c1-24-18-15-16(21)20(11-10-17(15)8-5-9-17)12-13-6-3-4-7-14(13)19-25(2,22)23/h3-4,6-7,19H,5,8-12H2,1-2H3. The SMILES string of the molecule is CON=C1C(=O)N(Cc2ccccc2NS(C)(=O)=O)CCC12CCC2. The van der Waals surface area contributed by atoms with Gasteiger partial charge in [-0.15, -0.1) is 0 Å². The summed E-state index contributed by atoms with van der Waals surface area (Å²) in [6.45, 7) is 0.963. The summed E-state index contributed by atoms with van der Waals surface area (Å²) in [5.74, 6) is -0.123. The van der Waals surface area contributed by atoms with Crippen LogP contribution < -0.4 is 4.72 Å². The van der Waals surface area contributed by atoms with Crippen LogP contribution in [0.1, 0.15) is 31.2 Å². The third-order valence-electron chi connectivity index (χ3n) is 5.02. The first-order chi connectivity index (χ1) is 11.8. The highest BCUT2D eigenvalue weighted by Gasteiger charge is 2.49. The van der Waals surface area contributed by atoms with E-state index in [1.807, 2.05) is 12.1 Å². The largest absolute Gasteiger partial charge is 0.399 e. The van der Waals surface area contributed by atoms with Gasteiger partial charge in [0.25, 0.3) is 5.91 Å². The number of likely N-dealkylation sites (tertiary alicyclic amines) is 1. The van der Waals surface area contributed by atoms with Crippen LogP contribution in [0.2, 0.25) is 0 Å². The normalized spacial score (nSPS) is 21.3. The number of sulfonamides is 1. The van der Waals surface area contributed by atoms with Crippen LogP contribution in [0.25, 0.3) is 0 Å². The third kappa shape index (κ3) is 3.63. The predicted octanol–water partition coefficient (Wildman–Crippen LogP) is 1.96. The minimum Gasteiger partial charge on any atom is -0.399 e. The minimum absolute atomic E-state index is 0.123. The molecule has 2 aliphatic rings. The second-order valence-electron chi connectivity index (χ2n) is 6.76. The van der Waals surface area contributed by atoms with E-state index in [9.17, 15) is 13.2 Å². The first-order valence-corrected chi connectivity index (χ1v) is 10.2. The Hall–Kier alpha value is -2.09. The monoisotopic (exact) mass is 365 g/mol. The molecule has 1 saturated heterocycles. The van der Waals surface area contributed by atoms with Gasteiger partial charge >= 0.3 is 0 Å². The average Bonchev–Trinajstić information content (AvgIpc) is 2.50. The summed E-state index contributed by atoms with van der Waals surface area (Å²) in [5.41, 5.74) is 1.62. The molecule has 1 amide bonds. The second-order valence-corrected chi connectivity index (χ2v) is 8.51. The van der Waals surface area contributed by atoms with Gasteiger partial charge in [-0.05, 0) is 30.9 Å². The Morgan fingerprint density at radius 2 is 2.00 bits per heavy atom. The van der Waals surface area contributed by atoms with Crippen molar-refractivity contribution < 1.29 is 18.0 Å². The molecule has 0 aromatic heterocycles. The van der Waals surface area contributed by atoms with Gasteiger partial charge in [0, 0.05) is 18.5 Å². The Morgan fingerprint density at radius 3 is 2.60 bits per heavy atom. The van der Waals surface area contributed by atoms with E-state index in [0.717, 1.165) is 37.5 Å². The van der Waals surface area contributed by atoms with Crippen molar-refractivity contribution in [1.29, 1.82) is 0 Å². The molecule has 1 aliphatic carbocycles. The number of carbonyl (C=O) groups excluding carboxylic acids is 1. The zero-order chi connectivity index (χ0) is 18.1. The van der Waals surface area contributed by atoms with Crippen molar-refractivity contribution in [2.45, 2.75) is 32.2 Å². The van der Waals surface area contributed by atoms with Gasteiger partial charge in [-0.2, -0.15) is 0 Å². The maximum absolute atomic E-state index is 12.9. The molecule has 0 atom stereocenters. The lowest BCUT2D eigenvalue weighted by Crippen LogP contribution is -2.54. The Balaban J connectivity index is 1.82. The lowest BCUT2D eigenvalue weighted by Gasteiger charge is -2.47. The number of amides is 1. The van der Waals surface area contributed by atoms with Crippen molar-refractivity contribution >= 4 is 27.3 Å². The zero-order valence-corrected chi connectivity index (χ0v) is 15.3. The molecule has 1 heterocycles. The molecule has 136 valence electrons. The predicted molar refractivity (Wildman–Crippen MR) is 95.7 cm³/mol. The highest BCUT2D eigenvalue weighted by atomic mass is 32.2. The van der Waals surface area contributed by atoms with E-state index < -0.39 is 10.0 Å². The molecular formula is C17H23N3O4S. The van der Waals surface area contributed by atoms with Crippen LogP contribution >= 0.6 is 0 Å². The molecule has 1 N–H and O–H groups in total. The molecular weight excluding hydrogens is 342 g/mol. The highest BCUT2D eigenvalue weighted by Crippen LogP contribution is 2.48. The summed E-state index contributed by atoms with van der Waals surface area (Å²) in [7, 11) is -1.93. The number of rotatable bonds is 5. The van der Waals surface area contributed by atoms with E-state index in [4.69, 9.17) is 4.84 Å². The fourth-order valence-electron chi connectivity index (χ4n) is 3.58. The molecule has 0 unspecified atom stereocenters. The van der Waals surface area contributed by atoms with E-state index in [1.165, 1.54) is 7.11 Å². The molecule has 1 aliphatic heterocycles. The molecule has 3 rings (SSSR count). The van der Waals surface area contributed by atoms with Crippen molar-refractivity contribution in [2.24, 2.45) is 10.6 Å². The maximum atomic E-state index is 12.9. The van der Waals surface area contributed by atoms with Crippen LogP contribution in [-0.4, -0.2) is 44.8 Å². The van der Waals surface area contributed by atoms with E-state index in [-0.39, 0.29) is 11.3 Å². The number of oxime groups is 1. The number of piperidine rings is 1. The van der Waals surface area contributed by atoms with Crippen molar-refractivity contribution in [3.8, 4) is 0 Å². The number of hydrogen-bond donors (Lipinski definition) is 1. The van der Waals surface area contributed by atoms with Gasteiger partial charge in [-0.3, -0.25) is 9.52 Å². The van der Waals surface area contributed by atoms with Crippen LogP contribution in [0, 0.1) is 5.41 Å². The van der Waals surface area contributed by atoms with Crippen molar-refractivity contribution in [2.75, 3.05) is 24.6 Å². The summed E-state index contributed by atoms with van der Waals surface area (Å²) in [4.78, 5) is 19.5. The first kappa shape index (κ1) is 17.7. The van der Waals surface area contributed by atoms with Gasteiger partial charge in [0.1, 0.15) is 7.11 Å². The number of carbonyl (C=O) groups is 1. The van der Waals surface area contributed by atoms with Gasteiger partial charge in [0.15, 0.2) is 5.71 Å². The molecule has 1 spiro atoms. The Kier molecular flexibility index (Phi) is 4.73. The van der Waals surface area contributed by atoms with Crippen LogP contribution in [0.4, 0.5) is 5.69 Å². The number of nitrogens with zero attached hydrogens (tertiary/aromatic N) is 2. The topological polar surface area (TPSA) is 88.1 Å². The molecule has 1 aromatic carbocycles. The lowest BCUT2D eigenvalue weighted by atomic mass is 9.62.